The van der Waals surface area contributed by atoms with Crippen LogP contribution in [0.2, 0.25) is 0 Å². The number of halogens is 3. The Hall–Kier alpha value is -4.60. The Bertz CT molecular complexity index is 1590. The Morgan fingerprint density at radius 2 is 1.81 bits per heavy atom. The van der Waals surface area contributed by atoms with Gasteiger partial charge in [0.25, 0.3) is 0 Å². The molecule has 0 aliphatic carbocycles. The van der Waals surface area contributed by atoms with Gasteiger partial charge in [0.15, 0.2) is 5.75 Å². The van der Waals surface area contributed by atoms with Gasteiger partial charge in [0.05, 0.1) is 28.0 Å². The van der Waals surface area contributed by atoms with E-state index in [9.17, 15) is 23.1 Å². The molecule has 0 unspecified atom stereocenters. The maximum atomic E-state index is 13.2. The number of rotatable bonds is 5. The van der Waals surface area contributed by atoms with Crippen LogP contribution in [0.1, 0.15) is 21.8 Å². The molecule has 7 nitrogen and oxygen atoms in total. The number of hydrogen-bond donors (Lipinski definition) is 1. The summed E-state index contributed by atoms with van der Waals surface area (Å²) in [4.78, 5) is 16.3. The Balaban J connectivity index is 1.83. The number of carboxylic acids is 1. The molecule has 0 bridgehead atoms. The van der Waals surface area contributed by atoms with Crippen molar-refractivity contribution < 1.29 is 32.3 Å². The van der Waals surface area contributed by atoms with Crippen molar-refractivity contribution in [3.63, 3.8) is 0 Å². The minimum absolute atomic E-state index is 0.0999. The molecule has 0 radical (unpaired) electrons. The zero-order valence-electron chi connectivity index (χ0n) is 19.0. The summed E-state index contributed by atoms with van der Waals surface area (Å²) in [7, 11) is 0. The molecule has 0 fully saturated rings. The third-order valence-corrected chi connectivity index (χ3v) is 5.74. The fourth-order valence-corrected chi connectivity index (χ4v) is 4.21. The number of hydrogen-bond acceptors (Lipinski definition) is 5. The summed E-state index contributed by atoms with van der Waals surface area (Å²) >= 11 is 0. The fourth-order valence-electron chi connectivity index (χ4n) is 4.21. The Morgan fingerprint density at radius 3 is 2.44 bits per heavy atom. The molecular formula is C26H18F3N3O4. The zero-order chi connectivity index (χ0) is 25.6. The standard InChI is InChI=1S/C26H18F3N3O4/c1-14-23(15(2)36-31-14)18-11-21-24(30-12-18)19(16-6-4-3-5-7-16)13-32(21)20-10-17(25(33)34)8-9-22(20)35-26(27,28)29/h3-13H,1-2H3,(H,33,34). The Labute approximate surface area is 202 Å². The first-order valence-corrected chi connectivity index (χ1v) is 10.8. The van der Waals surface area contributed by atoms with Crippen molar-refractivity contribution in [1.29, 1.82) is 0 Å². The van der Waals surface area contributed by atoms with Crippen molar-refractivity contribution in [2.45, 2.75) is 20.2 Å². The number of aromatic nitrogens is 3. The minimum atomic E-state index is -4.98. The van der Waals surface area contributed by atoms with Crippen molar-refractivity contribution in [2.75, 3.05) is 0 Å². The molecule has 0 atom stereocenters. The summed E-state index contributed by atoms with van der Waals surface area (Å²) in [6.45, 7) is 3.52. The first-order chi connectivity index (χ1) is 17.1. The van der Waals surface area contributed by atoms with Crippen LogP contribution in [0, 0.1) is 13.8 Å². The highest BCUT2D eigenvalue weighted by atomic mass is 19.4. The molecule has 0 spiro atoms. The van der Waals surface area contributed by atoms with Gasteiger partial charge < -0.3 is 18.9 Å². The van der Waals surface area contributed by atoms with Gasteiger partial charge in [-0.05, 0) is 43.7 Å². The summed E-state index contributed by atoms with van der Waals surface area (Å²) in [6, 6.07) is 14.2. The first-order valence-electron chi connectivity index (χ1n) is 10.8. The van der Waals surface area contributed by atoms with Crippen molar-refractivity contribution in [3.05, 3.63) is 84.0 Å². The van der Waals surface area contributed by atoms with Crippen LogP contribution >= 0.6 is 0 Å². The smallest absolute Gasteiger partial charge is 0.478 e. The largest absolute Gasteiger partial charge is 0.573 e. The lowest BCUT2D eigenvalue weighted by molar-refractivity contribution is -0.274. The van der Waals surface area contributed by atoms with E-state index in [4.69, 9.17) is 4.52 Å². The van der Waals surface area contributed by atoms with Gasteiger partial charge in [-0.25, -0.2) is 4.79 Å². The van der Waals surface area contributed by atoms with Crippen molar-refractivity contribution in [1.82, 2.24) is 14.7 Å². The van der Waals surface area contributed by atoms with Gasteiger partial charge in [0.1, 0.15) is 5.76 Å². The average Bonchev–Trinajstić information content (AvgIpc) is 3.38. The number of pyridine rings is 1. The highest BCUT2D eigenvalue weighted by Crippen LogP contribution is 2.38. The molecule has 3 heterocycles. The van der Waals surface area contributed by atoms with Crippen LogP contribution in [-0.2, 0) is 0 Å². The molecule has 3 aromatic heterocycles. The lowest BCUT2D eigenvalue weighted by Gasteiger charge is -2.15. The average molecular weight is 493 g/mol. The van der Waals surface area contributed by atoms with Crippen LogP contribution in [0.4, 0.5) is 13.2 Å². The molecule has 5 aromatic rings. The number of carbonyl (C=O) groups is 1. The van der Waals surface area contributed by atoms with Gasteiger partial charge in [-0.3, -0.25) is 4.98 Å². The van der Waals surface area contributed by atoms with Gasteiger partial charge >= 0.3 is 12.3 Å². The molecule has 182 valence electrons. The number of aromatic carboxylic acids is 1. The summed E-state index contributed by atoms with van der Waals surface area (Å²) in [6.07, 6.45) is -1.72. The van der Waals surface area contributed by atoms with Gasteiger partial charge in [-0.15, -0.1) is 13.2 Å². The normalized spacial score (nSPS) is 11.7. The predicted molar refractivity (Wildman–Crippen MR) is 125 cm³/mol. The van der Waals surface area contributed by atoms with E-state index < -0.39 is 18.1 Å². The van der Waals surface area contributed by atoms with Crippen LogP contribution in [0.5, 0.6) is 5.75 Å². The Morgan fingerprint density at radius 1 is 1.06 bits per heavy atom. The summed E-state index contributed by atoms with van der Waals surface area (Å²) < 4.78 is 50.7. The molecule has 10 heteroatoms. The van der Waals surface area contributed by atoms with Gasteiger partial charge in [-0.2, -0.15) is 0 Å². The van der Waals surface area contributed by atoms with Crippen molar-refractivity contribution >= 4 is 17.0 Å². The van der Waals surface area contributed by atoms with Gasteiger partial charge in [0.2, 0.25) is 0 Å². The second-order valence-corrected chi connectivity index (χ2v) is 8.11. The lowest BCUT2D eigenvalue weighted by Crippen LogP contribution is -2.18. The van der Waals surface area contributed by atoms with E-state index in [1.807, 2.05) is 30.3 Å². The number of benzene rings is 2. The van der Waals surface area contributed by atoms with E-state index in [0.29, 0.717) is 39.2 Å². The molecule has 2 aromatic carbocycles. The highest BCUT2D eigenvalue weighted by molar-refractivity contribution is 5.97. The number of nitrogens with zero attached hydrogens (tertiary/aromatic N) is 3. The molecule has 1 N–H and O–H groups in total. The molecule has 0 aliphatic rings. The Kier molecular flexibility index (Phi) is 5.51. The zero-order valence-corrected chi connectivity index (χ0v) is 19.0. The third-order valence-electron chi connectivity index (χ3n) is 5.74. The van der Waals surface area contributed by atoms with E-state index >= 15 is 0 Å². The maximum absolute atomic E-state index is 13.2. The van der Waals surface area contributed by atoms with Crippen molar-refractivity contribution in [2.24, 2.45) is 0 Å². The summed E-state index contributed by atoms with van der Waals surface area (Å²) in [5.41, 5.74) is 4.07. The number of fused-ring (bicyclic) bond motifs is 1. The monoisotopic (exact) mass is 493 g/mol. The quantitative estimate of drug-likeness (QED) is 0.298. The van der Waals surface area contributed by atoms with E-state index in [0.717, 1.165) is 23.8 Å². The second-order valence-electron chi connectivity index (χ2n) is 8.11. The van der Waals surface area contributed by atoms with E-state index in [2.05, 4.69) is 14.9 Å². The van der Waals surface area contributed by atoms with E-state index in [-0.39, 0.29) is 11.3 Å². The van der Waals surface area contributed by atoms with Crippen LogP contribution in [-0.4, -0.2) is 32.1 Å². The first kappa shape index (κ1) is 23.2. The summed E-state index contributed by atoms with van der Waals surface area (Å²) in [5, 5.41) is 13.5. The molecule has 0 saturated heterocycles. The van der Waals surface area contributed by atoms with Crippen LogP contribution in [0.15, 0.2) is 71.5 Å². The summed E-state index contributed by atoms with van der Waals surface area (Å²) in [5.74, 6) is -1.28. The number of carboxylic acid groups (broad SMARTS) is 1. The second kappa shape index (κ2) is 8.56. The minimum Gasteiger partial charge on any atom is -0.478 e. The van der Waals surface area contributed by atoms with Crippen LogP contribution in [0.3, 0.4) is 0 Å². The molecule has 0 aliphatic heterocycles. The van der Waals surface area contributed by atoms with Crippen molar-refractivity contribution in [3.8, 4) is 33.7 Å². The topological polar surface area (TPSA) is 90.4 Å². The highest BCUT2D eigenvalue weighted by Gasteiger charge is 2.33. The van der Waals surface area contributed by atoms with E-state index in [1.165, 1.54) is 4.57 Å². The molecule has 0 saturated carbocycles. The van der Waals surface area contributed by atoms with Crippen LogP contribution in [0.25, 0.3) is 39.0 Å². The number of alkyl halides is 3. The van der Waals surface area contributed by atoms with E-state index in [1.54, 1.807) is 32.3 Å². The predicted octanol–water partition coefficient (Wildman–Crippen LogP) is 6.56. The molecule has 5 rings (SSSR count). The van der Waals surface area contributed by atoms with Gasteiger partial charge in [0, 0.05) is 29.1 Å². The number of aryl methyl sites for hydroxylation is 2. The molecule has 36 heavy (non-hydrogen) atoms. The van der Waals surface area contributed by atoms with Crippen LogP contribution < -0.4 is 4.74 Å². The lowest BCUT2D eigenvalue weighted by atomic mass is 10.0. The molecule has 0 amide bonds. The number of ether oxygens (including phenoxy) is 1. The maximum Gasteiger partial charge on any atom is 0.573 e. The third kappa shape index (κ3) is 4.17. The fraction of sp³-hybridized carbons (Fsp3) is 0.115. The molecular weight excluding hydrogens is 475 g/mol. The van der Waals surface area contributed by atoms with Gasteiger partial charge in [-0.1, -0.05) is 35.5 Å². The SMILES string of the molecule is Cc1noc(C)c1-c1cnc2c(-c3ccccc3)cn(-c3cc(C(=O)O)ccc3OC(F)(F)F)c2c1.